The number of benzene rings is 2. The van der Waals surface area contributed by atoms with Crippen LogP contribution in [-0.4, -0.2) is 22.4 Å². The van der Waals surface area contributed by atoms with E-state index in [2.05, 4.69) is 10.6 Å². The summed E-state index contributed by atoms with van der Waals surface area (Å²) in [4.78, 5) is 37.8. The molecule has 158 valence electrons. The molecule has 31 heavy (non-hydrogen) atoms. The van der Waals surface area contributed by atoms with Crippen molar-refractivity contribution in [2.45, 2.75) is 39.7 Å². The summed E-state index contributed by atoms with van der Waals surface area (Å²) < 4.78 is 1.51. The topological polar surface area (TPSA) is 80.2 Å². The van der Waals surface area contributed by atoms with E-state index in [4.69, 9.17) is 0 Å². The molecule has 0 spiro atoms. The lowest BCUT2D eigenvalue weighted by molar-refractivity contribution is 0.0949. The van der Waals surface area contributed by atoms with Gasteiger partial charge in [0.25, 0.3) is 17.4 Å². The highest BCUT2D eigenvalue weighted by atomic mass is 16.2. The molecule has 4 rings (SSSR count). The Morgan fingerprint density at radius 1 is 0.871 bits per heavy atom. The zero-order valence-electron chi connectivity index (χ0n) is 17.9. The maximum absolute atomic E-state index is 13.0. The molecule has 1 saturated carbocycles. The molecule has 6 heteroatoms. The van der Waals surface area contributed by atoms with Crippen molar-refractivity contribution < 1.29 is 9.59 Å². The van der Waals surface area contributed by atoms with Crippen LogP contribution in [0.4, 0.5) is 5.69 Å². The minimum absolute atomic E-state index is 0.137. The van der Waals surface area contributed by atoms with Gasteiger partial charge >= 0.3 is 0 Å². The van der Waals surface area contributed by atoms with Gasteiger partial charge in [-0.05, 0) is 68.5 Å². The molecule has 1 fully saturated rings. The van der Waals surface area contributed by atoms with Gasteiger partial charge in [0.2, 0.25) is 0 Å². The molecule has 2 N–H and O–H groups in total. The third kappa shape index (κ3) is 4.43. The summed E-state index contributed by atoms with van der Waals surface area (Å²) >= 11 is 0. The van der Waals surface area contributed by atoms with Gasteiger partial charge in [-0.15, -0.1) is 0 Å². The number of carbonyl (C=O) groups excluding carboxylic acids is 2. The SMILES string of the molecule is Cc1ccc(C(=O)NC2CC2)cc1NC(=O)c1ccc(=O)n(-c2c(C)cccc2C)c1. The van der Waals surface area contributed by atoms with Gasteiger partial charge in [-0.25, -0.2) is 0 Å². The van der Waals surface area contributed by atoms with Crippen molar-refractivity contribution in [1.29, 1.82) is 0 Å². The molecule has 1 heterocycles. The number of nitrogens with zero attached hydrogens (tertiary/aromatic N) is 1. The molecule has 3 aromatic rings. The van der Waals surface area contributed by atoms with E-state index in [1.54, 1.807) is 18.3 Å². The van der Waals surface area contributed by atoms with E-state index < -0.39 is 0 Å². The first-order valence-electron chi connectivity index (χ1n) is 10.4. The number of carbonyl (C=O) groups is 2. The first kappa shape index (κ1) is 20.6. The summed E-state index contributed by atoms with van der Waals surface area (Å²) in [5, 5.41) is 5.84. The van der Waals surface area contributed by atoms with Gasteiger partial charge in [-0.2, -0.15) is 0 Å². The molecule has 1 aromatic heterocycles. The fraction of sp³-hybridized carbons (Fsp3) is 0.240. The number of rotatable bonds is 5. The van der Waals surface area contributed by atoms with E-state index in [9.17, 15) is 14.4 Å². The van der Waals surface area contributed by atoms with E-state index in [0.717, 1.165) is 35.2 Å². The number of para-hydroxylation sites is 1. The molecule has 0 unspecified atom stereocenters. The molecule has 6 nitrogen and oxygen atoms in total. The summed E-state index contributed by atoms with van der Waals surface area (Å²) in [5.74, 6) is -0.482. The van der Waals surface area contributed by atoms with E-state index in [0.29, 0.717) is 16.8 Å². The van der Waals surface area contributed by atoms with Gasteiger partial charge in [0.05, 0.1) is 11.3 Å². The normalized spacial score (nSPS) is 13.0. The summed E-state index contributed by atoms with van der Waals surface area (Å²) in [6.45, 7) is 5.74. The number of nitrogens with one attached hydrogen (secondary N) is 2. The van der Waals surface area contributed by atoms with Crippen molar-refractivity contribution in [3.05, 3.63) is 92.9 Å². The Morgan fingerprint density at radius 2 is 1.55 bits per heavy atom. The first-order valence-corrected chi connectivity index (χ1v) is 10.4. The van der Waals surface area contributed by atoms with Gasteiger partial charge in [0, 0.05) is 29.6 Å². The second-order valence-corrected chi connectivity index (χ2v) is 8.10. The molecule has 0 aliphatic heterocycles. The van der Waals surface area contributed by atoms with E-state index >= 15 is 0 Å². The summed E-state index contributed by atoms with van der Waals surface area (Å²) in [6, 6.07) is 14.2. The zero-order valence-corrected chi connectivity index (χ0v) is 17.9. The molecule has 2 aromatic carbocycles. The van der Waals surface area contributed by atoms with E-state index in [-0.39, 0.29) is 23.4 Å². The molecule has 0 radical (unpaired) electrons. The Balaban J connectivity index is 1.62. The lowest BCUT2D eigenvalue weighted by Crippen LogP contribution is -2.25. The minimum Gasteiger partial charge on any atom is -0.349 e. The maximum Gasteiger partial charge on any atom is 0.257 e. The molecule has 1 aliphatic rings. The molecular formula is C25H25N3O3. The number of hydrogen-bond acceptors (Lipinski definition) is 3. The standard InChI is InChI=1S/C25H25N3O3/c1-15-7-8-18(24(30)26-20-10-11-20)13-21(15)27-25(31)19-9-12-22(29)28(14-19)23-16(2)5-4-6-17(23)3/h4-9,12-14,20H,10-11H2,1-3H3,(H,26,30)(H,27,31). The summed E-state index contributed by atoms with van der Waals surface area (Å²) in [5.41, 5.74) is 4.75. The van der Waals surface area contributed by atoms with Crippen molar-refractivity contribution >= 4 is 17.5 Å². The third-order valence-electron chi connectivity index (χ3n) is 5.51. The third-order valence-corrected chi connectivity index (χ3v) is 5.51. The van der Waals surface area contributed by atoms with Crippen LogP contribution >= 0.6 is 0 Å². The number of aromatic nitrogens is 1. The van der Waals surface area contributed by atoms with Crippen molar-refractivity contribution in [3.63, 3.8) is 0 Å². The van der Waals surface area contributed by atoms with Gasteiger partial charge < -0.3 is 10.6 Å². The smallest absolute Gasteiger partial charge is 0.257 e. The highest BCUT2D eigenvalue weighted by Gasteiger charge is 2.24. The number of amides is 2. The van der Waals surface area contributed by atoms with Crippen molar-refractivity contribution in [3.8, 4) is 5.69 Å². The summed E-state index contributed by atoms with van der Waals surface area (Å²) in [6.07, 6.45) is 3.58. The fourth-order valence-electron chi connectivity index (χ4n) is 3.57. The van der Waals surface area contributed by atoms with Gasteiger partial charge in [-0.3, -0.25) is 19.0 Å². The maximum atomic E-state index is 13.0. The highest BCUT2D eigenvalue weighted by Crippen LogP contribution is 2.22. The zero-order chi connectivity index (χ0) is 22.1. The fourth-order valence-corrected chi connectivity index (χ4v) is 3.57. The van der Waals surface area contributed by atoms with Crippen molar-refractivity contribution in [2.24, 2.45) is 0 Å². The van der Waals surface area contributed by atoms with Crippen LogP contribution in [0.25, 0.3) is 5.69 Å². The number of anilines is 1. The predicted molar refractivity (Wildman–Crippen MR) is 121 cm³/mol. The molecule has 1 aliphatic carbocycles. The Labute approximate surface area is 180 Å². The lowest BCUT2D eigenvalue weighted by atomic mass is 10.1. The second kappa shape index (κ2) is 8.22. The van der Waals surface area contributed by atoms with Gasteiger partial charge in [0.15, 0.2) is 0 Å². The summed E-state index contributed by atoms with van der Waals surface area (Å²) in [7, 11) is 0. The Kier molecular flexibility index (Phi) is 5.46. The highest BCUT2D eigenvalue weighted by molar-refractivity contribution is 6.05. The monoisotopic (exact) mass is 415 g/mol. The Hall–Kier alpha value is -3.67. The van der Waals surface area contributed by atoms with Crippen molar-refractivity contribution in [2.75, 3.05) is 5.32 Å². The predicted octanol–water partition coefficient (Wildman–Crippen LogP) is 3.91. The van der Waals surface area contributed by atoms with Crippen LogP contribution in [0.5, 0.6) is 0 Å². The van der Waals surface area contributed by atoms with Crippen LogP contribution in [0.15, 0.2) is 59.5 Å². The average Bonchev–Trinajstić information content (AvgIpc) is 3.54. The van der Waals surface area contributed by atoms with E-state index in [1.807, 2.05) is 45.0 Å². The molecule has 0 bridgehead atoms. The lowest BCUT2D eigenvalue weighted by Gasteiger charge is -2.14. The Morgan fingerprint density at radius 3 is 2.23 bits per heavy atom. The number of aryl methyl sites for hydroxylation is 3. The first-order chi connectivity index (χ1) is 14.8. The van der Waals surface area contributed by atoms with Gasteiger partial charge in [-0.1, -0.05) is 24.3 Å². The molecular weight excluding hydrogens is 390 g/mol. The van der Waals surface area contributed by atoms with Crippen molar-refractivity contribution in [1.82, 2.24) is 9.88 Å². The molecule has 0 saturated heterocycles. The quantitative estimate of drug-likeness (QED) is 0.663. The molecule has 2 amide bonds. The van der Waals surface area contributed by atoms with E-state index in [1.165, 1.54) is 16.7 Å². The average molecular weight is 415 g/mol. The Bertz CT molecular complexity index is 1220. The molecule has 0 atom stereocenters. The number of hydrogen-bond donors (Lipinski definition) is 2. The minimum atomic E-state index is -0.345. The van der Waals surface area contributed by atoms with Gasteiger partial charge in [0.1, 0.15) is 0 Å². The van der Waals surface area contributed by atoms with Crippen LogP contribution in [0, 0.1) is 20.8 Å². The van der Waals surface area contributed by atoms with Crippen LogP contribution in [0.3, 0.4) is 0 Å². The second-order valence-electron chi connectivity index (χ2n) is 8.10. The number of pyridine rings is 1. The van der Waals surface area contributed by atoms with Crippen LogP contribution < -0.4 is 16.2 Å². The van der Waals surface area contributed by atoms with Crippen LogP contribution in [0.2, 0.25) is 0 Å². The van der Waals surface area contributed by atoms with Crippen LogP contribution in [-0.2, 0) is 0 Å². The van der Waals surface area contributed by atoms with Crippen LogP contribution in [0.1, 0.15) is 50.2 Å². The largest absolute Gasteiger partial charge is 0.349 e.